The number of ether oxygens (including phenoxy) is 1. The number of fused-ring (bicyclic) bond motifs is 1. The molecule has 0 aliphatic rings. The van der Waals surface area contributed by atoms with Crippen LogP contribution < -0.4 is 10.1 Å². The van der Waals surface area contributed by atoms with Gasteiger partial charge in [0.2, 0.25) is 5.95 Å². The predicted octanol–water partition coefficient (Wildman–Crippen LogP) is 3.79. The van der Waals surface area contributed by atoms with Gasteiger partial charge in [-0.15, -0.1) is 5.10 Å². The first kappa shape index (κ1) is 17.9. The monoisotopic (exact) mass is 397 g/mol. The molecule has 1 N–H and O–H groups in total. The minimum atomic E-state index is 0.542. The SMILES string of the molecule is COc1ccc(-c2cccn3nc(Nc4ccc(Cn5cncn5)cc4)nc23)cc1. The summed E-state index contributed by atoms with van der Waals surface area (Å²) in [6.07, 6.45) is 5.13. The van der Waals surface area contributed by atoms with Crippen LogP contribution in [0.4, 0.5) is 11.6 Å². The zero-order chi connectivity index (χ0) is 20.3. The Bertz CT molecular complexity index is 1260. The van der Waals surface area contributed by atoms with Crippen molar-refractivity contribution in [1.82, 2.24) is 29.4 Å². The molecule has 0 atom stereocenters. The minimum absolute atomic E-state index is 0.542. The van der Waals surface area contributed by atoms with Crippen LogP contribution in [0, 0.1) is 0 Å². The molecular formula is C22H19N7O. The summed E-state index contributed by atoms with van der Waals surface area (Å²) in [5.74, 6) is 1.36. The zero-order valence-electron chi connectivity index (χ0n) is 16.3. The molecule has 30 heavy (non-hydrogen) atoms. The third kappa shape index (κ3) is 3.58. The van der Waals surface area contributed by atoms with E-state index in [2.05, 4.69) is 20.5 Å². The average Bonchev–Trinajstić information content (AvgIpc) is 3.44. The highest BCUT2D eigenvalue weighted by molar-refractivity contribution is 5.78. The van der Waals surface area contributed by atoms with Gasteiger partial charge in [-0.3, -0.25) is 0 Å². The summed E-state index contributed by atoms with van der Waals surface area (Å²) < 4.78 is 8.81. The van der Waals surface area contributed by atoms with Gasteiger partial charge in [0.05, 0.1) is 13.7 Å². The Balaban J connectivity index is 1.38. The van der Waals surface area contributed by atoms with Gasteiger partial charge in [0, 0.05) is 17.4 Å². The quantitative estimate of drug-likeness (QED) is 0.469. The molecule has 3 heterocycles. The second kappa shape index (κ2) is 7.67. The van der Waals surface area contributed by atoms with E-state index in [1.54, 1.807) is 22.6 Å². The summed E-state index contributed by atoms with van der Waals surface area (Å²) in [5, 5.41) is 12.0. The molecule has 8 heteroatoms. The van der Waals surface area contributed by atoms with Gasteiger partial charge < -0.3 is 10.1 Å². The summed E-state index contributed by atoms with van der Waals surface area (Å²) in [6, 6.07) is 20.0. The molecule has 8 nitrogen and oxygen atoms in total. The van der Waals surface area contributed by atoms with Crippen LogP contribution in [0.1, 0.15) is 5.56 Å². The van der Waals surface area contributed by atoms with Crippen molar-refractivity contribution >= 4 is 17.3 Å². The normalized spacial score (nSPS) is 11.0. The Hall–Kier alpha value is -4.20. The van der Waals surface area contributed by atoms with Crippen molar-refractivity contribution in [3.8, 4) is 16.9 Å². The molecule has 0 radical (unpaired) electrons. The zero-order valence-corrected chi connectivity index (χ0v) is 16.3. The molecule has 2 aromatic carbocycles. The van der Waals surface area contributed by atoms with Crippen LogP contribution in [0.25, 0.3) is 16.8 Å². The fraction of sp³-hybridized carbons (Fsp3) is 0.0909. The summed E-state index contributed by atoms with van der Waals surface area (Å²) in [7, 11) is 1.66. The Morgan fingerprint density at radius 1 is 1.00 bits per heavy atom. The van der Waals surface area contributed by atoms with Crippen LogP contribution >= 0.6 is 0 Å². The number of pyridine rings is 1. The van der Waals surface area contributed by atoms with Crippen molar-refractivity contribution < 1.29 is 4.74 Å². The highest BCUT2D eigenvalue weighted by Crippen LogP contribution is 2.26. The van der Waals surface area contributed by atoms with Gasteiger partial charge in [-0.2, -0.15) is 10.1 Å². The van der Waals surface area contributed by atoms with Gasteiger partial charge >= 0.3 is 0 Å². The summed E-state index contributed by atoms with van der Waals surface area (Å²) in [6.45, 7) is 0.679. The number of benzene rings is 2. The maximum atomic E-state index is 5.25. The van der Waals surface area contributed by atoms with Crippen LogP contribution in [-0.2, 0) is 6.54 Å². The Kier molecular flexibility index (Phi) is 4.57. The summed E-state index contributed by atoms with van der Waals surface area (Å²) in [4.78, 5) is 8.66. The van der Waals surface area contributed by atoms with Crippen molar-refractivity contribution in [2.45, 2.75) is 6.54 Å². The second-order valence-corrected chi connectivity index (χ2v) is 6.77. The Labute approximate surface area is 172 Å². The fourth-order valence-corrected chi connectivity index (χ4v) is 3.28. The van der Waals surface area contributed by atoms with Crippen molar-refractivity contribution in [3.63, 3.8) is 0 Å². The van der Waals surface area contributed by atoms with E-state index >= 15 is 0 Å². The molecule has 0 bridgehead atoms. The lowest BCUT2D eigenvalue weighted by Gasteiger charge is -2.04. The van der Waals surface area contributed by atoms with E-state index in [0.717, 1.165) is 33.8 Å². The molecule has 0 amide bonds. The van der Waals surface area contributed by atoms with Crippen LogP contribution in [0.3, 0.4) is 0 Å². The van der Waals surface area contributed by atoms with Crippen LogP contribution in [0.2, 0.25) is 0 Å². The van der Waals surface area contributed by atoms with Gasteiger partial charge in [0.25, 0.3) is 0 Å². The second-order valence-electron chi connectivity index (χ2n) is 6.77. The molecule has 3 aromatic heterocycles. The van der Waals surface area contributed by atoms with Crippen molar-refractivity contribution in [2.75, 3.05) is 12.4 Å². The molecule has 0 aliphatic carbocycles. The molecule has 148 valence electrons. The number of rotatable bonds is 6. The molecule has 0 saturated heterocycles. The van der Waals surface area contributed by atoms with Gasteiger partial charge in [-0.05, 0) is 47.5 Å². The average molecular weight is 397 g/mol. The van der Waals surface area contributed by atoms with E-state index in [0.29, 0.717) is 12.5 Å². The number of anilines is 2. The first-order chi connectivity index (χ1) is 14.8. The Morgan fingerprint density at radius 3 is 2.57 bits per heavy atom. The fourth-order valence-electron chi connectivity index (χ4n) is 3.28. The topological polar surface area (TPSA) is 82.2 Å². The molecule has 0 fully saturated rings. The van der Waals surface area contributed by atoms with E-state index in [1.807, 2.05) is 66.9 Å². The first-order valence-electron chi connectivity index (χ1n) is 9.47. The third-order valence-corrected chi connectivity index (χ3v) is 4.78. The molecule has 0 aliphatic heterocycles. The highest BCUT2D eigenvalue weighted by atomic mass is 16.5. The van der Waals surface area contributed by atoms with Gasteiger partial charge in [-0.1, -0.05) is 24.3 Å². The Morgan fingerprint density at radius 2 is 1.83 bits per heavy atom. The van der Waals surface area contributed by atoms with Gasteiger partial charge in [-0.25, -0.2) is 14.2 Å². The number of hydrogen-bond acceptors (Lipinski definition) is 6. The van der Waals surface area contributed by atoms with E-state index < -0.39 is 0 Å². The van der Waals surface area contributed by atoms with Crippen molar-refractivity contribution in [1.29, 1.82) is 0 Å². The summed E-state index contributed by atoms with van der Waals surface area (Å²) >= 11 is 0. The summed E-state index contributed by atoms with van der Waals surface area (Å²) in [5.41, 5.74) is 4.89. The van der Waals surface area contributed by atoms with Gasteiger partial charge in [0.15, 0.2) is 5.65 Å². The van der Waals surface area contributed by atoms with E-state index in [4.69, 9.17) is 9.72 Å². The largest absolute Gasteiger partial charge is 0.497 e. The van der Waals surface area contributed by atoms with Crippen LogP contribution in [-0.4, -0.2) is 36.5 Å². The standard InChI is InChI=1S/C22H19N7O/c1-30-19-10-6-17(7-11-19)20-3-2-12-29-21(20)26-22(27-29)25-18-8-4-16(5-9-18)13-28-15-23-14-24-28/h2-12,14-15H,13H2,1H3,(H,25,27). The molecule has 5 aromatic rings. The van der Waals surface area contributed by atoms with Gasteiger partial charge in [0.1, 0.15) is 18.4 Å². The molecule has 0 saturated carbocycles. The first-order valence-corrected chi connectivity index (χ1v) is 9.47. The van der Waals surface area contributed by atoms with Crippen molar-refractivity contribution in [3.05, 3.63) is 85.1 Å². The number of methoxy groups -OCH3 is 1. The van der Waals surface area contributed by atoms with Crippen molar-refractivity contribution in [2.24, 2.45) is 0 Å². The molecular weight excluding hydrogens is 378 g/mol. The van der Waals surface area contributed by atoms with E-state index in [9.17, 15) is 0 Å². The predicted molar refractivity (Wildman–Crippen MR) is 114 cm³/mol. The molecule has 5 rings (SSSR count). The lowest BCUT2D eigenvalue weighted by molar-refractivity contribution is 0.415. The third-order valence-electron chi connectivity index (χ3n) is 4.78. The highest BCUT2D eigenvalue weighted by Gasteiger charge is 2.10. The van der Waals surface area contributed by atoms with Crippen LogP contribution in [0.15, 0.2) is 79.5 Å². The number of nitrogens with one attached hydrogen (secondary N) is 1. The smallest absolute Gasteiger partial charge is 0.247 e. The van der Waals surface area contributed by atoms with E-state index in [-0.39, 0.29) is 0 Å². The number of hydrogen-bond donors (Lipinski definition) is 1. The molecule has 0 unspecified atom stereocenters. The lowest BCUT2D eigenvalue weighted by Crippen LogP contribution is -2.00. The number of nitrogens with zero attached hydrogens (tertiary/aromatic N) is 6. The van der Waals surface area contributed by atoms with Crippen LogP contribution in [0.5, 0.6) is 5.75 Å². The number of aromatic nitrogens is 6. The van der Waals surface area contributed by atoms with E-state index in [1.165, 1.54) is 6.33 Å². The molecule has 0 spiro atoms. The maximum absolute atomic E-state index is 5.25. The maximum Gasteiger partial charge on any atom is 0.247 e. The lowest BCUT2D eigenvalue weighted by atomic mass is 10.1. The minimum Gasteiger partial charge on any atom is -0.497 e.